The second-order valence-electron chi connectivity index (χ2n) is 11.0. The third kappa shape index (κ3) is 5.07. The van der Waals surface area contributed by atoms with Crippen molar-refractivity contribution in [2.24, 2.45) is 29.1 Å². The van der Waals surface area contributed by atoms with Gasteiger partial charge in [0, 0.05) is 0 Å². The second-order valence-corrected chi connectivity index (χ2v) is 11.0. The largest absolute Gasteiger partial charge is 0.393 e. The lowest BCUT2D eigenvalue weighted by Gasteiger charge is -2.46. The highest BCUT2D eigenvalue weighted by molar-refractivity contribution is 5.37. The third-order valence-electron chi connectivity index (χ3n) is 8.45. The summed E-state index contributed by atoms with van der Waals surface area (Å²) in [6.07, 6.45) is 14.8. The molecule has 3 aliphatic carbocycles. The molecule has 2 heteroatoms. The Labute approximate surface area is 179 Å². The van der Waals surface area contributed by atoms with Gasteiger partial charge < -0.3 is 10.2 Å². The van der Waals surface area contributed by atoms with Crippen LogP contribution in [0.4, 0.5) is 0 Å². The second kappa shape index (κ2) is 9.52. The molecule has 0 aromatic carbocycles. The van der Waals surface area contributed by atoms with Crippen molar-refractivity contribution in [2.45, 2.75) is 104 Å². The van der Waals surface area contributed by atoms with E-state index in [2.05, 4.69) is 46.4 Å². The Bertz CT molecular complexity index is 643. The van der Waals surface area contributed by atoms with Crippen molar-refractivity contribution in [1.29, 1.82) is 0 Å². The van der Waals surface area contributed by atoms with Crippen LogP contribution in [-0.4, -0.2) is 22.4 Å². The number of aliphatic hydroxyl groups excluding tert-OH is 2. The number of rotatable bonds is 6. The smallest absolute Gasteiger partial charge is 0.0756 e. The monoisotopic (exact) mass is 400 g/mol. The van der Waals surface area contributed by atoms with Gasteiger partial charge in [0.05, 0.1) is 12.2 Å². The molecule has 6 atom stereocenters. The van der Waals surface area contributed by atoms with Gasteiger partial charge in [-0.15, -0.1) is 0 Å². The summed E-state index contributed by atoms with van der Waals surface area (Å²) in [5, 5.41) is 20.9. The first-order valence-electron chi connectivity index (χ1n) is 12.2. The first-order chi connectivity index (χ1) is 13.7. The molecule has 0 spiro atoms. The molecule has 0 radical (unpaired) electrons. The molecule has 3 rings (SSSR count). The van der Waals surface area contributed by atoms with E-state index in [0.717, 1.165) is 49.0 Å². The molecule has 3 aliphatic rings. The Morgan fingerprint density at radius 2 is 1.83 bits per heavy atom. The molecule has 0 heterocycles. The normalized spacial score (nSPS) is 39.3. The molecule has 2 N–H and O–H groups in total. The highest BCUT2D eigenvalue weighted by Crippen LogP contribution is 2.60. The molecular formula is C27H44O2. The van der Waals surface area contributed by atoms with Crippen LogP contribution in [0.5, 0.6) is 0 Å². The fraction of sp³-hybridized carbons (Fsp3) is 0.778. The molecule has 3 fully saturated rings. The van der Waals surface area contributed by atoms with Crippen molar-refractivity contribution < 1.29 is 10.2 Å². The quantitative estimate of drug-likeness (QED) is 0.528. The van der Waals surface area contributed by atoms with Crippen molar-refractivity contribution in [3.8, 4) is 0 Å². The molecule has 0 aliphatic heterocycles. The van der Waals surface area contributed by atoms with E-state index < -0.39 is 0 Å². The summed E-state index contributed by atoms with van der Waals surface area (Å²) in [5.41, 5.74) is 3.90. The van der Waals surface area contributed by atoms with Crippen LogP contribution in [0.2, 0.25) is 0 Å². The summed E-state index contributed by atoms with van der Waals surface area (Å²) in [6.45, 7) is 13.8. The topological polar surface area (TPSA) is 40.5 Å². The van der Waals surface area contributed by atoms with Crippen LogP contribution in [0.1, 0.15) is 91.9 Å². The van der Waals surface area contributed by atoms with Crippen molar-refractivity contribution in [3.63, 3.8) is 0 Å². The van der Waals surface area contributed by atoms with Crippen LogP contribution in [0.3, 0.4) is 0 Å². The minimum absolute atomic E-state index is 0.241. The highest BCUT2D eigenvalue weighted by atomic mass is 16.3. The van der Waals surface area contributed by atoms with E-state index in [1.165, 1.54) is 43.3 Å². The fourth-order valence-electron chi connectivity index (χ4n) is 6.61. The summed E-state index contributed by atoms with van der Waals surface area (Å²) < 4.78 is 0. The van der Waals surface area contributed by atoms with Crippen molar-refractivity contribution >= 4 is 0 Å². The lowest BCUT2D eigenvalue weighted by atomic mass is 9.60. The third-order valence-corrected chi connectivity index (χ3v) is 8.45. The van der Waals surface area contributed by atoms with Crippen molar-refractivity contribution in [1.82, 2.24) is 0 Å². The maximum atomic E-state index is 10.8. The molecule has 0 aromatic heterocycles. The van der Waals surface area contributed by atoms with Crippen LogP contribution in [0.15, 0.2) is 35.5 Å². The van der Waals surface area contributed by atoms with Gasteiger partial charge in [-0.2, -0.15) is 0 Å². The van der Waals surface area contributed by atoms with Crippen LogP contribution in [0, 0.1) is 29.1 Å². The van der Waals surface area contributed by atoms with E-state index in [1.54, 1.807) is 0 Å². The van der Waals surface area contributed by atoms with Gasteiger partial charge in [-0.05, 0) is 85.2 Å². The van der Waals surface area contributed by atoms with Crippen LogP contribution < -0.4 is 0 Å². The molecule has 2 nitrogen and oxygen atoms in total. The van der Waals surface area contributed by atoms with Gasteiger partial charge in [0.25, 0.3) is 0 Å². The van der Waals surface area contributed by atoms with Gasteiger partial charge in [0.2, 0.25) is 0 Å². The molecule has 0 bridgehead atoms. The molecule has 0 amide bonds. The Balaban J connectivity index is 1.75. The minimum atomic E-state index is -0.304. The summed E-state index contributed by atoms with van der Waals surface area (Å²) >= 11 is 0. The maximum absolute atomic E-state index is 10.8. The van der Waals surface area contributed by atoms with Crippen LogP contribution in [-0.2, 0) is 0 Å². The Hall–Kier alpha value is -0.860. The average molecular weight is 401 g/mol. The van der Waals surface area contributed by atoms with E-state index in [1.807, 2.05) is 0 Å². The lowest BCUT2D eigenvalue weighted by Crippen LogP contribution is -2.40. The number of aliphatic hydroxyl groups is 2. The first kappa shape index (κ1) is 22.8. The van der Waals surface area contributed by atoms with Crippen molar-refractivity contribution in [3.05, 3.63) is 35.5 Å². The molecule has 164 valence electrons. The summed E-state index contributed by atoms with van der Waals surface area (Å²) in [7, 11) is 0. The number of hydrogen-bond acceptors (Lipinski definition) is 2. The molecule has 0 aromatic rings. The Morgan fingerprint density at radius 3 is 2.55 bits per heavy atom. The molecule has 3 saturated carbocycles. The first-order valence-corrected chi connectivity index (χ1v) is 12.2. The summed E-state index contributed by atoms with van der Waals surface area (Å²) in [4.78, 5) is 0. The predicted octanol–water partition coefficient (Wildman–Crippen LogP) is 6.59. The summed E-state index contributed by atoms with van der Waals surface area (Å²) in [5.74, 6) is 2.85. The van der Waals surface area contributed by atoms with Gasteiger partial charge in [0.1, 0.15) is 0 Å². The Morgan fingerprint density at radius 1 is 1.07 bits per heavy atom. The maximum Gasteiger partial charge on any atom is 0.0756 e. The van der Waals surface area contributed by atoms with E-state index >= 15 is 0 Å². The Kier molecular flexibility index (Phi) is 7.49. The lowest BCUT2D eigenvalue weighted by molar-refractivity contribution is 0.0442. The van der Waals surface area contributed by atoms with Gasteiger partial charge in [-0.25, -0.2) is 0 Å². The molecule has 1 unspecified atom stereocenters. The van der Waals surface area contributed by atoms with Gasteiger partial charge in [-0.3, -0.25) is 0 Å². The predicted molar refractivity (Wildman–Crippen MR) is 123 cm³/mol. The van der Waals surface area contributed by atoms with E-state index in [0.29, 0.717) is 17.8 Å². The van der Waals surface area contributed by atoms with E-state index in [4.69, 9.17) is 0 Å². The fourth-order valence-corrected chi connectivity index (χ4v) is 6.61. The minimum Gasteiger partial charge on any atom is -0.393 e. The summed E-state index contributed by atoms with van der Waals surface area (Å²) in [6, 6.07) is 0. The molecule has 0 saturated heterocycles. The van der Waals surface area contributed by atoms with Gasteiger partial charge >= 0.3 is 0 Å². The molecule has 29 heavy (non-hydrogen) atoms. The van der Waals surface area contributed by atoms with E-state index in [-0.39, 0.29) is 12.2 Å². The van der Waals surface area contributed by atoms with Gasteiger partial charge in [-0.1, -0.05) is 71.3 Å². The van der Waals surface area contributed by atoms with Crippen LogP contribution in [0.25, 0.3) is 0 Å². The standard InChI is InChI=1S/C27H44O2/c1-18(2)7-6-8-20(4)24-13-14-25-23(26(29)15-16-27(24,25)5)12-10-21-17-22(28)11-9-19(21)3/h10,12,18,20,22,24-26,28-29H,3,6-9,11,13-17H2,1-2,4-5H3/b21-10+,23-12-/t20-,22+,24-,25-,26?,27-/m1/s1. The highest BCUT2D eigenvalue weighted by Gasteiger charge is 2.52. The zero-order valence-corrected chi connectivity index (χ0v) is 19.3. The SMILES string of the molecule is C=C1CC[C@H](O)C/C1=C\C=C1/C(O)CC[C@@]2(C)[C@@H]1CC[C@@H]2[C@H](C)CCCC(C)C. The number of allylic oxidation sites excluding steroid dienone is 3. The molecular weight excluding hydrogens is 356 g/mol. The van der Waals surface area contributed by atoms with Crippen molar-refractivity contribution in [2.75, 3.05) is 0 Å². The zero-order valence-electron chi connectivity index (χ0n) is 19.3. The number of fused-ring (bicyclic) bond motifs is 1. The van der Waals surface area contributed by atoms with Crippen LogP contribution >= 0.6 is 0 Å². The number of hydrogen-bond donors (Lipinski definition) is 2. The van der Waals surface area contributed by atoms with Gasteiger partial charge in [0.15, 0.2) is 0 Å². The van der Waals surface area contributed by atoms with E-state index in [9.17, 15) is 10.2 Å². The zero-order chi connectivity index (χ0) is 21.2. The average Bonchev–Trinajstić information content (AvgIpc) is 3.01.